The molecule has 0 aromatic heterocycles. The van der Waals surface area contributed by atoms with Crippen LogP contribution in [0.1, 0.15) is 70.1 Å². The molecule has 1 fully saturated rings. The van der Waals surface area contributed by atoms with Crippen molar-refractivity contribution in [2.45, 2.75) is 91.3 Å². The Kier molecular flexibility index (Phi) is 6.36. The van der Waals surface area contributed by atoms with E-state index in [1.807, 2.05) is 20.8 Å². The quantitative estimate of drug-likeness (QED) is 0.796. The van der Waals surface area contributed by atoms with Gasteiger partial charge < -0.3 is 15.4 Å². The van der Waals surface area contributed by atoms with E-state index in [9.17, 15) is 4.79 Å². The Morgan fingerprint density at radius 3 is 2.08 bits per heavy atom. The van der Waals surface area contributed by atoms with Gasteiger partial charge in [-0.2, -0.15) is 0 Å². The maximum absolute atomic E-state index is 11.9. The zero-order valence-corrected chi connectivity index (χ0v) is 16.7. The van der Waals surface area contributed by atoms with Crippen molar-refractivity contribution in [3.8, 4) is 0 Å². The SMILES string of the molecule is CCc1c(C)cc(NC2CCC(NC(=O)OC(C)(C)C)CC2)cc1C. The highest BCUT2D eigenvalue weighted by molar-refractivity contribution is 5.68. The molecular formula is C21H34N2O2. The number of amides is 1. The third-order valence-corrected chi connectivity index (χ3v) is 4.87. The van der Waals surface area contributed by atoms with Crippen molar-refractivity contribution in [1.82, 2.24) is 5.32 Å². The topological polar surface area (TPSA) is 50.4 Å². The summed E-state index contributed by atoms with van der Waals surface area (Å²) in [6.45, 7) is 12.3. The molecule has 140 valence electrons. The van der Waals surface area contributed by atoms with E-state index in [1.165, 1.54) is 22.4 Å². The third kappa shape index (κ3) is 5.94. The summed E-state index contributed by atoms with van der Waals surface area (Å²) < 4.78 is 5.35. The molecule has 1 saturated carbocycles. The summed E-state index contributed by atoms with van der Waals surface area (Å²) >= 11 is 0. The number of anilines is 1. The number of nitrogens with one attached hydrogen (secondary N) is 2. The van der Waals surface area contributed by atoms with Crippen LogP contribution < -0.4 is 10.6 Å². The van der Waals surface area contributed by atoms with Gasteiger partial charge in [-0.05, 0) is 95.5 Å². The average Bonchev–Trinajstić information content (AvgIpc) is 2.47. The van der Waals surface area contributed by atoms with Crippen molar-refractivity contribution in [3.05, 3.63) is 28.8 Å². The Balaban J connectivity index is 1.84. The lowest BCUT2D eigenvalue weighted by molar-refractivity contribution is 0.0492. The van der Waals surface area contributed by atoms with E-state index in [-0.39, 0.29) is 12.1 Å². The fourth-order valence-electron chi connectivity index (χ4n) is 3.73. The molecule has 0 radical (unpaired) electrons. The van der Waals surface area contributed by atoms with Crippen LogP contribution in [0.15, 0.2) is 12.1 Å². The van der Waals surface area contributed by atoms with Crippen LogP contribution in [-0.4, -0.2) is 23.8 Å². The van der Waals surface area contributed by atoms with E-state index in [0.717, 1.165) is 32.1 Å². The summed E-state index contributed by atoms with van der Waals surface area (Å²) in [4.78, 5) is 11.9. The van der Waals surface area contributed by atoms with Crippen molar-refractivity contribution in [2.24, 2.45) is 0 Å². The van der Waals surface area contributed by atoms with Gasteiger partial charge in [0.05, 0.1) is 0 Å². The van der Waals surface area contributed by atoms with Gasteiger partial charge in [-0.15, -0.1) is 0 Å². The van der Waals surface area contributed by atoms with Crippen LogP contribution in [0, 0.1) is 13.8 Å². The van der Waals surface area contributed by atoms with E-state index in [2.05, 4.69) is 43.5 Å². The molecule has 0 bridgehead atoms. The molecule has 2 rings (SSSR count). The zero-order chi connectivity index (χ0) is 18.6. The molecule has 4 nitrogen and oxygen atoms in total. The average molecular weight is 347 g/mol. The largest absolute Gasteiger partial charge is 0.444 e. The number of alkyl carbamates (subject to hydrolysis) is 1. The minimum Gasteiger partial charge on any atom is -0.444 e. The molecule has 2 N–H and O–H groups in total. The maximum atomic E-state index is 11.9. The van der Waals surface area contributed by atoms with Gasteiger partial charge in [-0.3, -0.25) is 0 Å². The van der Waals surface area contributed by atoms with Crippen LogP contribution in [-0.2, 0) is 11.2 Å². The predicted molar refractivity (Wildman–Crippen MR) is 104 cm³/mol. The van der Waals surface area contributed by atoms with Gasteiger partial charge in [-0.1, -0.05) is 6.92 Å². The van der Waals surface area contributed by atoms with Gasteiger partial charge >= 0.3 is 6.09 Å². The number of hydrogen-bond donors (Lipinski definition) is 2. The first kappa shape index (κ1) is 19.6. The first-order valence-electron chi connectivity index (χ1n) is 9.54. The predicted octanol–water partition coefficient (Wildman–Crippen LogP) is 5.11. The van der Waals surface area contributed by atoms with Gasteiger partial charge in [0.25, 0.3) is 0 Å². The number of carbonyl (C=O) groups excluding carboxylic acids is 1. The molecule has 0 atom stereocenters. The number of aryl methyl sites for hydroxylation is 2. The van der Waals surface area contributed by atoms with Crippen LogP contribution in [0.5, 0.6) is 0 Å². The first-order chi connectivity index (χ1) is 11.7. The molecule has 4 heteroatoms. The fraction of sp³-hybridized carbons (Fsp3) is 0.667. The van der Waals surface area contributed by atoms with Crippen LogP contribution in [0.25, 0.3) is 0 Å². The van der Waals surface area contributed by atoms with Gasteiger partial charge in [0.15, 0.2) is 0 Å². The minimum absolute atomic E-state index is 0.221. The van der Waals surface area contributed by atoms with Crippen molar-refractivity contribution in [2.75, 3.05) is 5.32 Å². The number of rotatable bonds is 4. The Bertz CT molecular complexity index is 573. The van der Waals surface area contributed by atoms with E-state index in [1.54, 1.807) is 0 Å². The van der Waals surface area contributed by atoms with E-state index in [0.29, 0.717) is 6.04 Å². The van der Waals surface area contributed by atoms with Crippen molar-refractivity contribution in [3.63, 3.8) is 0 Å². The Labute approximate surface area is 152 Å². The third-order valence-electron chi connectivity index (χ3n) is 4.87. The first-order valence-corrected chi connectivity index (χ1v) is 9.54. The number of benzene rings is 1. The van der Waals surface area contributed by atoms with Crippen LogP contribution in [0.4, 0.5) is 10.5 Å². The maximum Gasteiger partial charge on any atom is 0.407 e. The Hall–Kier alpha value is -1.71. The summed E-state index contributed by atoms with van der Waals surface area (Å²) in [5.41, 5.74) is 4.96. The minimum atomic E-state index is -0.441. The summed E-state index contributed by atoms with van der Waals surface area (Å²) in [6.07, 6.45) is 4.89. The second kappa shape index (κ2) is 8.11. The smallest absolute Gasteiger partial charge is 0.407 e. The number of hydrogen-bond acceptors (Lipinski definition) is 3. The highest BCUT2D eigenvalue weighted by Crippen LogP contribution is 2.26. The molecule has 0 saturated heterocycles. The summed E-state index contributed by atoms with van der Waals surface area (Å²) in [5, 5.41) is 6.69. The fourth-order valence-corrected chi connectivity index (χ4v) is 3.73. The Morgan fingerprint density at radius 1 is 1.08 bits per heavy atom. The van der Waals surface area contributed by atoms with Crippen LogP contribution in [0.3, 0.4) is 0 Å². The molecule has 0 aliphatic heterocycles. The molecule has 0 spiro atoms. The molecule has 0 unspecified atom stereocenters. The summed E-state index contributed by atoms with van der Waals surface area (Å²) in [5.74, 6) is 0. The molecule has 1 aliphatic rings. The molecule has 1 aliphatic carbocycles. The van der Waals surface area contributed by atoms with Gasteiger partial charge in [0.1, 0.15) is 5.60 Å². The van der Waals surface area contributed by atoms with Crippen molar-refractivity contribution < 1.29 is 9.53 Å². The molecule has 25 heavy (non-hydrogen) atoms. The highest BCUT2D eigenvalue weighted by atomic mass is 16.6. The molecule has 0 heterocycles. The molecular weight excluding hydrogens is 312 g/mol. The Morgan fingerprint density at radius 2 is 1.60 bits per heavy atom. The van der Waals surface area contributed by atoms with Gasteiger partial charge in [0, 0.05) is 17.8 Å². The van der Waals surface area contributed by atoms with Crippen LogP contribution >= 0.6 is 0 Å². The van der Waals surface area contributed by atoms with Gasteiger partial charge in [0.2, 0.25) is 0 Å². The second-order valence-electron chi connectivity index (χ2n) is 8.28. The van der Waals surface area contributed by atoms with E-state index in [4.69, 9.17) is 4.74 Å². The lowest BCUT2D eigenvalue weighted by Gasteiger charge is -2.31. The number of ether oxygens (including phenoxy) is 1. The lowest BCUT2D eigenvalue weighted by Crippen LogP contribution is -2.42. The van der Waals surface area contributed by atoms with E-state index < -0.39 is 5.60 Å². The van der Waals surface area contributed by atoms with Crippen LogP contribution in [0.2, 0.25) is 0 Å². The van der Waals surface area contributed by atoms with Crippen molar-refractivity contribution >= 4 is 11.8 Å². The standard InChI is InChI=1S/C21H34N2O2/c1-7-19-14(2)12-18(13-15(19)3)22-16-8-10-17(11-9-16)23-20(24)25-21(4,5)6/h12-13,16-17,22H,7-11H2,1-6H3,(H,23,24). The second-order valence-corrected chi connectivity index (χ2v) is 8.28. The highest BCUT2D eigenvalue weighted by Gasteiger charge is 2.24. The molecule has 1 aromatic carbocycles. The van der Waals surface area contributed by atoms with Crippen molar-refractivity contribution in [1.29, 1.82) is 0 Å². The summed E-state index contributed by atoms with van der Waals surface area (Å²) in [6, 6.07) is 5.22. The van der Waals surface area contributed by atoms with E-state index >= 15 is 0 Å². The van der Waals surface area contributed by atoms with Gasteiger partial charge in [-0.25, -0.2) is 4.79 Å². The normalized spacial score (nSPS) is 20.9. The number of carbonyl (C=O) groups is 1. The lowest BCUT2D eigenvalue weighted by atomic mass is 9.90. The monoisotopic (exact) mass is 346 g/mol. The zero-order valence-electron chi connectivity index (χ0n) is 16.7. The summed E-state index contributed by atoms with van der Waals surface area (Å²) in [7, 11) is 0. The molecule has 1 aromatic rings. The molecule has 1 amide bonds.